The van der Waals surface area contributed by atoms with Crippen LogP contribution in [0.25, 0.3) is 77.2 Å². The third kappa shape index (κ3) is 5.62. The molecule has 0 aliphatic carbocycles. The Labute approximate surface area is 314 Å². The molecule has 10 rings (SSSR count). The molecule has 0 fully saturated rings. The Balaban J connectivity index is 1.18. The van der Waals surface area contributed by atoms with Crippen LogP contribution < -0.4 is 4.90 Å². The maximum Gasteiger partial charge on any atom is 0.136 e. The van der Waals surface area contributed by atoms with Crippen LogP contribution in [0.2, 0.25) is 0 Å². The summed E-state index contributed by atoms with van der Waals surface area (Å²) < 4.78 is 6.55. The van der Waals surface area contributed by atoms with Gasteiger partial charge in [0.25, 0.3) is 0 Å². The van der Waals surface area contributed by atoms with Crippen LogP contribution in [0.4, 0.5) is 17.1 Å². The number of nitrogens with zero attached hydrogens (tertiary/aromatic N) is 1. The minimum Gasteiger partial charge on any atom is -0.456 e. The Morgan fingerprint density at radius 2 is 0.796 bits per heavy atom. The Morgan fingerprint density at radius 3 is 1.46 bits per heavy atom. The molecule has 2 heteroatoms. The number of para-hydroxylation sites is 2. The topological polar surface area (TPSA) is 16.4 Å². The molecule has 0 atom stereocenters. The lowest BCUT2D eigenvalue weighted by molar-refractivity contribution is 0.669. The Kier molecular flexibility index (Phi) is 7.85. The lowest BCUT2D eigenvalue weighted by Crippen LogP contribution is -2.12. The largest absolute Gasteiger partial charge is 0.456 e. The molecule has 10 aromatic rings. The van der Waals surface area contributed by atoms with Crippen molar-refractivity contribution in [2.75, 3.05) is 4.90 Å². The number of hydrogen-bond acceptors (Lipinski definition) is 2. The molecule has 9 aromatic carbocycles. The summed E-state index contributed by atoms with van der Waals surface area (Å²) in [7, 11) is 0. The molecule has 0 saturated heterocycles. The van der Waals surface area contributed by atoms with Crippen LogP contribution in [0.1, 0.15) is 0 Å². The van der Waals surface area contributed by atoms with E-state index in [0.717, 1.165) is 61.3 Å². The summed E-state index contributed by atoms with van der Waals surface area (Å²) in [5.41, 5.74) is 14.4. The summed E-state index contributed by atoms with van der Waals surface area (Å²) >= 11 is 0. The molecule has 0 N–H and O–H groups in total. The highest BCUT2D eigenvalue weighted by Crippen LogP contribution is 2.47. The van der Waals surface area contributed by atoms with Gasteiger partial charge in [-0.3, -0.25) is 0 Å². The van der Waals surface area contributed by atoms with Crippen molar-refractivity contribution in [3.05, 3.63) is 212 Å². The third-order valence-electron chi connectivity index (χ3n) is 10.5. The highest BCUT2D eigenvalue weighted by molar-refractivity contribution is 6.16. The van der Waals surface area contributed by atoms with Gasteiger partial charge < -0.3 is 9.32 Å². The van der Waals surface area contributed by atoms with Gasteiger partial charge in [-0.15, -0.1) is 0 Å². The molecule has 0 unspecified atom stereocenters. The molecule has 0 aliphatic rings. The summed E-state index contributed by atoms with van der Waals surface area (Å²) in [5.74, 6) is 0. The monoisotopic (exact) mass is 689 g/mol. The van der Waals surface area contributed by atoms with Crippen molar-refractivity contribution in [3.63, 3.8) is 0 Å². The smallest absolute Gasteiger partial charge is 0.136 e. The first-order valence-corrected chi connectivity index (χ1v) is 18.4. The molecule has 0 bridgehead atoms. The highest BCUT2D eigenvalue weighted by Gasteiger charge is 2.22. The predicted octanol–water partition coefficient (Wildman–Crippen LogP) is 14.9. The zero-order valence-corrected chi connectivity index (χ0v) is 29.6. The van der Waals surface area contributed by atoms with Gasteiger partial charge in [-0.1, -0.05) is 170 Å². The van der Waals surface area contributed by atoms with Gasteiger partial charge >= 0.3 is 0 Å². The van der Waals surface area contributed by atoms with Gasteiger partial charge in [-0.25, -0.2) is 0 Å². The van der Waals surface area contributed by atoms with E-state index in [4.69, 9.17) is 4.42 Å². The van der Waals surface area contributed by atoms with E-state index >= 15 is 0 Å². The average molecular weight is 690 g/mol. The summed E-state index contributed by atoms with van der Waals surface area (Å²) in [5, 5.41) is 4.61. The molecule has 54 heavy (non-hydrogen) atoms. The molecular weight excluding hydrogens is 655 g/mol. The van der Waals surface area contributed by atoms with E-state index in [0.29, 0.717) is 0 Å². The molecule has 1 aromatic heterocycles. The summed E-state index contributed by atoms with van der Waals surface area (Å²) in [6.45, 7) is 0. The van der Waals surface area contributed by atoms with Gasteiger partial charge in [0.1, 0.15) is 11.2 Å². The normalized spacial score (nSPS) is 11.3. The summed E-state index contributed by atoms with van der Waals surface area (Å²) in [6, 6.07) is 75.9. The van der Waals surface area contributed by atoms with Crippen LogP contribution >= 0.6 is 0 Å². The zero-order chi connectivity index (χ0) is 35.8. The minimum absolute atomic E-state index is 0.880. The van der Waals surface area contributed by atoms with E-state index in [1.807, 2.05) is 0 Å². The maximum absolute atomic E-state index is 6.55. The van der Waals surface area contributed by atoms with Crippen LogP contribution in [-0.4, -0.2) is 0 Å². The van der Waals surface area contributed by atoms with E-state index in [1.54, 1.807) is 0 Å². The summed E-state index contributed by atoms with van der Waals surface area (Å²) in [4.78, 5) is 2.42. The molecule has 0 radical (unpaired) electrons. The third-order valence-corrected chi connectivity index (χ3v) is 10.5. The molecule has 1 heterocycles. The van der Waals surface area contributed by atoms with E-state index in [9.17, 15) is 0 Å². The molecule has 2 nitrogen and oxygen atoms in total. The van der Waals surface area contributed by atoms with Crippen molar-refractivity contribution in [1.29, 1.82) is 0 Å². The highest BCUT2D eigenvalue weighted by atomic mass is 16.3. The van der Waals surface area contributed by atoms with Crippen molar-refractivity contribution in [3.8, 4) is 44.5 Å². The molecule has 0 amide bonds. The number of fused-ring (bicyclic) bond motifs is 4. The fourth-order valence-electron chi connectivity index (χ4n) is 7.86. The quantitative estimate of drug-likeness (QED) is 0.166. The number of hydrogen-bond donors (Lipinski definition) is 0. The fourth-order valence-corrected chi connectivity index (χ4v) is 7.86. The van der Waals surface area contributed by atoms with E-state index in [-0.39, 0.29) is 0 Å². The van der Waals surface area contributed by atoms with E-state index in [2.05, 4.69) is 217 Å². The molecular formula is C52H35NO. The van der Waals surface area contributed by atoms with Crippen LogP contribution in [-0.2, 0) is 0 Å². The molecule has 0 spiro atoms. The Morgan fingerprint density at radius 1 is 0.315 bits per heavy atom. The van der Waals surface area contributed by atoms with E-state index in [1.165, 1.54) is 33.0 Å². The lowest BCUT2D eigenvalue weighted by atomic mass is 9.95. The van der Waals surface area contributed by atoms with Crippen molar-refractivity contribution >= 4 is 49.8 Å². The number of furan rings is 1. The predicted molar refractivity (Wildman–Crippen MR) is 228 cm³/mol. The second kappa shape index (κ2) is 13.4. The van der Waals surface area contributed by atoms with E-state index < -0.39 is 0 Å². The van der Waals surface area contributed by atoms with Gasteiger partial charge in [0.2, 0.25) is 0 Å². The maximum atomic E-state index is 6.55. The van der Waals surface area contributed by atoms with Crippen LogP contribution in [0.5, 0.6) is 0 Å². The van der Waals surface area contributed by atoms with Crippen LogP contribution in [0.15, 0.2) is 217 Å². The summed E-state index contributed by atoms with van der Waals surface area (Å²) in [6.07, 6.45) is 0. The number of benzene rings is 9. The lowest BCUT2D eigenvalue weighted by Gasteiger charge is -2.30. The first-order valence-electron chi connectivity index (χ1n) is 18.4. The van der Waals surface area contributed by atoms with Crippen LogP contribution in [0, 0.1) is 0 Å². The second-order valence-corrected chi connectivity index (χ2v) is 13.7. The van der Waals surface area contributed by atoms with Gasteiger partial charge in [0, 0.05) is 27.6 Å². The van der Waals surface area contributed by atoms with Crippen LogP contribution in [0.3, 0.4) is 0 Å². The standard InChI is InChI=1S/C52H35NO/c1-3-14-36(15-4-1)38-26-28-40(29-27-38)44-20-9-11-23-48(44)53(43-32-30-39(31-33-43)37-16-5-2-6-17-37)49-24-12-10-21-45(49)46-22-13-25-50-52(46)47-34-41-18-7-8-19-42(41)35-51(47)54-50/h1-35H. The SMILES string of the molecule is c1ccc(-c2ccc(-c3ccccc3N(c3ccc(-c4ccccc4)cc3)c3ccccc3-c3cccc4oc5cc6ccccc6cc5c34)cc2)cc1. The number of anilines is 3. The van der Waals surface area contributed by atoms with Gasteiger partial charge in [0.05, 0.1) is 11.4 Å². The van der Waals surface area contributed by atoms with Crippen molar-refractivity contribution < 1.29 is 4.42 Å². The first kappa shape index (κ1) is 31.6. The molecule has 0 aliphatic heterocycles. The van der Waals surface area contributed by atoms with Crippen molar-refractivity contribution in [1.82, 2.24) is 0 Å². The van der Waals surface area contributed by atoms with Crippen molar-refractivity contribution in [2.24, 2.45) is 0 Å². The number of rotatable bonds is 7. The molecule has 254 valence electrons. The Hall–Kier alpha value is -7.16. The van der Waals surface area contributed by atoms with Gasteiger partial charge in [-0.2, -0.15) is 0 Å². The minimum atomic E-state index is 0.880. The van der Waals surface area contributed by atoms with Gasteiger partial charge in [0.15, 0.2) is 0 Å². The Bertz CT molecular complexity index is 2910. The molecule has 0 saturated carbocycles. The fraction of sp³-hybridized carbons (Fsp3) is 0. The van der Waals surface area contributed by atoms with Gasteiger partial charge in [-0.05, 0) is 86.6 Å². The van der Waals surface area contributed by atoms with Crippen molar-refractivity contribution in [2.45, 2.75) is 0 Å². The average Bonchev–Trinajstić information content (AvgIpc) is 3.62. The first-order chi connectivity index (χ1) is 26.8. The second-order valence-electron chi connectivity index (χ2n) is 13.7. The zero-order valence-electron chi connectivity index (χ0n) is 29.6.